The summed E-state index contributed by atoms with van der Waals surface area (Å²) in [4.78, 5) is 32.5. The number of benzene rings is 3. The monoisotopic (exact) mass is 672 g/mol. The number of amidine groups is 1. The Balaban J connectivity index is 1.65. The number of hydrogen-bond acceptors (Lipinski definition) is 8. The molecular weight excluding hydrogens is 643 g/mol. The Morgan fingerprint density at radius 1 is 1.02 bits per heavy atom. The number of rotatable bonds is 11. The van der Waals surface area contributed by atoms with Gasteiger partial charge in [0.05, 0.1) is 41.0 Å². The van der Waals surface area contributed by atoms with Crippen molar-refractivity contribution in [2.75, 3.05) is 26.9 Å². The Morgan fingerprint density at radius 2 is 1.77 bits per heavy atom. The van der Waals surface area contributed by atoms with Gasteiger partial charge in [-0.05, 0) is 102 Å². The lowest BCUT2D eigenvalue weighted by molar-refractivity contribution is -0.145. The second-order valence-electron chi connectivity index (χ2n) is 8.44. The molecule has 0 spiro atoms. The predicted octanol–water partition coefficient (Wildman–Crippen LogP) is 6.44. The van der Waals surface area contributed by atoms with Crippen LogP contribution in [0, 0.1) is 3.57 Å². The summed E-state index contributed by atoms with van der Waals surface area (Å²) in [6.45, 7) is 4.43. The molecule has 3 aromatic rings. The number of para-hydroxylation sites is 1. The van der Waals surface area contributed by atoms with Gasteiger partial charge in [-0.25, -0.2) is 9.79 Å². The Labute approximate surface area is 251 Å². The second-order valence-corrected chi connectivity index (χ2v) is 10.6. The van der Waals surface area contributed by atoms with E-state index in [0.717, 1.165) is 26.1 Å². The van der Waals surface area contributed by atoms with Gasteiger partial charge in [-0.1, -0.05) is 30.3 Å². The van der Waals surface area contributed by atoms with Crippen molar-refractivity contribution in [3.05, 3.63) is 86.3 Å². The summed E-state index contributed by atoms with van der Waals surface area (Å²) in [7, 11) is 1.62. The number of hydrogen-bond donors (Lipinski definition) is 0. The van der Waals surface area contributed by atoms with Crippen LogP contribution in [0.5, 0.6) is 17.2 Å². The number of nitrogens with zero attached hydrogens (tertiary/aromatic N) is 2. The van der Waals surface area contributed by atoms with Gasteiger partial charge in [0, 0.05) is 0 Å². The van der Waals surface area contributed by atoms with Gasteiger partial charge in [0.15, 0.2) is 23.3 Å². The first-order valence-corrected chi connectivity index (χ1v) is 14.5. The number of carbonyl (C=O) groups is 2. The van der Waals surface area contributed by atoms with Crippen molar-refractivity contribution >= 4 is 63.2 Å². The maximum atomic E-state index is 13.7. The highest BCUT2D eigenvalue weighted by atomic mass is 127. The molecule has 4 rings (SSSR count). The van der Waals surface area contributed by atoms with Gasteiger partial charge in [-0.2, -0.15) is 0 Å². The highest BCUT2D eigenvalue weighted by Crippen LogP contribution is 2.38. The lowest BCUT2D eigenvalue weighted by Gasteiger charge is -2.16. The van der Waals surface area contributed by atoms with E-state index in [1.807, 2.05) is 73.7 Å². The van der Waals surface area contributed by atoms with Crippen molar-refractivity contribution in [2.24, 2.45) is 4.99 Å². The van der Waals surface area contributed by atoms with Crippen LogP contribution in [0.4, 0.5) is 5.69 Å². The average Bonchev–Trinajstić information content (AvgIpc) is 3.22. The standard InChI is InChI=1S/C30H29IN2O6S/c1-4-37-25-16-21(15-24(31)28(25)39-19-27(34)38-5-2)17-26-29(35)33(18-20-11-13-23(36-3)14-12-20)30(40-26)32-22-9-7-6-8-10-22/h6-17H,4-5,18-19H2,1-3H3/b26-17-,32-30?. The number of halogens is 1. The third kappa shape index (κ3) is 7.57. The van der Waals surface area contributed by atoms with E-state index in [-0.39, 0.29) is 19.1 Å². The van der Waals surface area contributed by atoms with Crippen LogP contribution >= 0.6 is 34.4 Å². The van der Waals surface area contributed by atoms with Crippen molar-refractivity contribution in [1.82, 2.24) is 4.90 Å². The van der Waals surface area contributed by atoms with Crippen molar-refractivity contribution in [2.45, 2.75) is 20.4 Å². The first kappa shape index (κ1) is 29.5. The quantitative estimate of drug-likeness (QED) is 0.132. The summed E-state index contributed by atoms with van der Waals surface area (Å²) in [5, 5.41) is 0.590. The minimum atomic E-state index is -0.456. The van der Waals surface area contributed by atoms with Crippen molar-refractivity contribution in [3.8, 4) is 17.2 Å². The summed E-state index contributed by atoms with van der Waals surface area (Å²) in [5.41, 5.74) is 2.47. The maximum absolute atomic E-state index is 13.7. The van der Waals surface area contributed by atoms with Gasteiger partial charge in [0.25, 0.3) is 5.91 Å². The Bertz CT molecular complexity index is 1410. The van der Waals surface area contributed by atoms with Crippen LogP contribution in [-0.4, -0.2) is 48.9 Å². The fourth-order valence-electron chi connectivity index (χ4n) is 3.82. The number of methoxy groups -OCH3 is 1. The molecule has 0 atom stereocenters. The number of amides is 1. The molecule has 1 amide bonds. The van der Waals surface area contributed by atoms with Crippen LogP contribution in [0.2, 0.25) is 0 Å². The minimum absolute atomic E-state index is 0.147. The molecule has 0 radical (unpaired) electrons. The summed E-state index contributed by atoms with van der Waals surface area (Å²) in [6.07, 6.45) is 1.82. The zero-order valence-corrected chi connectivity index (χ0v) is 25.4. The highest BCUT2D eigenvalue weighted by molar-refractivity contribution is 14.1. The van der Waals surface area contributed by atoms with Gasteiger partial charge in [0.2, 0.25) is 0 Å². The molecule has 208 valence electrons. The Kier molecular flexibility index (Phi) is 10.5. The Hall–Kier alpha value is -3.51. The summed E-state index contributed by atoms with van der Waals surface area (Å²) < 4.78 is 22.5. The molecule has 0 unspecified atom stereocenters. The van der Waals surface area contributed by atoms with Crippen LogP contribution in [0.15, 0.2) is 76.6 Å². The van der Waals surface area contributed by atoms with E-state index >= 15 is 0 Å². The molecule has 1 aliphatic rings. The molecule has 0 saturated carbocycles. The van der Waals surface area contributed by atoms with Gasteiger partial charge in [-0.15, -0.1) is 0 Å². The molecule has 1 saturated heterocycles. The zero-order chi connectivity index (χ0) is 28.5. The van der Waals surface area contributed by atoms with E-state index in [1.54, 1.807) is 25.0 Å². The largest absolute Gasteiger partial charge is 0.497 e. The van der Waals surface area contributed by atoms with Crippen molar-refractivity contribution < 1.29 is 28.5 Å². The molecule has 8 nitrogen and oxygen atoms in total. The summed E-state index contributed by atoms with van der Waals surface area (Å²) in [5.74, 6) is 1.08. The number of esters is 1. The van der Waals surface area contributed by atoms with E-state index < -0.39 is 5.97 Å². The maximum Gasteiger partial charge on any atom is 0.344 e. The molecule has 0 aromatic heterocycles. The van der Waals surface area contributed by atoms with Crippen LogP contribution < -0.4 is 14.2 Å². The molecule has 1 aliphatic heterocycles. The minimum Gasteiger partial charge on any atom is -0.497 e. The van der Waals surface area contributed by atoms with E-state index in [9.17, 15) is 9.59 Å². The molecule has 1 fully saturated rings. The van der Waals surface area contributed by atoms with E-state index in [2.05, 4.69) is 22.6 Å². The predicted molar refractivity (Wildman–Crippen MR) is 165 cm³/mol. The number of thioether (sulfide) groups is 1. The lowest BCUT2D eigenvalue weighted by Crippen LogP contribution is -2.28. The van der Waals surface area contributed by atoms with Gasteiger partial charge in [-0.3, -0.25) is 9.69 Å². The third-order valence-corrected chi connectivity index (χ3v) is 7.45. The van der Waals surface area contributed by atoms with E-state index in [1.165, 1.54) is 11.8 Å². The Morgan fingerprint density at radius 3 is 2.45 bits per heavy atom. The molecule has 0 aliphatic carbocycles. The molecule has 1 heterocycles. The van der Waals surface area contributed by atoms with Crippen LogP contribution in [0.25, 0.3) is 6.08 Å². The SMILES string of the molecule is CCOC(=O)COc1c(I)cc(/C=C2\SC(=Nc3ccccc3)N(Cc3ccc(OC)cc3)C2=O)cc1OCC. The third-order valence-electron chi connectivity index (χ3n) is 5.64. The van der Waals surface area contributed by atoms with E-state index in [4.69, 9.17) is 23.9 Å². The van der Waals surface area contributed by atoms with Gasteiger partial charge < -0.3 is 18.9 Å². The molecule has 10 heteroatoms. The smallest absolute Gasteiger partial charge is 0.344 e. The van der Waals surface area contributed by atoms with Crippen LogP contribution in [0.3, 0.4) is 0 Å². The zero-order valence-electron chi connectivity index (χ0n) is 22.4. The summed E-state index contributed by atoms with van der Waals surface area (Å²) >= 11 is 3.45. The average molecular weight is 673 g/mol. The first-order chi connectivity index (χ1) is 19.4. The fraction of sp³-hybridized carbons (Fsp3) is 0.233. The van der Waals surface area contributed by atoms with Gasteiger partial charge >= 0.3 is 5.97 Å². The fourth-order valence-corrected chi connectivity index (χ4v) is 5.60. The first-order valence-electron chi connectivity index (χ1n) is 12.6. The van der Waals surface area contributed by atoms with Crippen LogP contribution in [0.1, 0.15) is 25.0 Å². The lowest BCUT2D eigenvalue weighted by atomic mass is 10.1. The van der Waals surface area contributed by atoms with Crippen molar-refractivity contribution in [1.29, 1.82) is 0 Å². The topological polar surface area (TPSA) is 86.7 Å². The molecule has 40 heavy (non-hydrogen) atoms. The number of carbonyl (C=O) groups excluding carboxylic acids is 2. The number of aliphatic imine (C=N–C) groups is 1. The second kappa shape index (κ2) is 14.2. The molecule has 3 aromatic carbocycles. The molecule has 0 bridgehead atoms. The van der Waals surface area contributed by atoms with Crippen LogP contribution in [-0.2, 0) is 20.9 Å². The normalized spacial score (nSPS) is 15.0. The van der Waals surface area contributed by atoms with Crippen molar-refractivity contribution in [3.63, 3.8) is 0 Å². The molecular formula is C30H29IN2O6S. The van der Waals surface area contributed by atoms with E-state index in [0.29, 0.717) is 34.7 Å². The summed E-state index contributed by atoms with van der Waals surface area (Å²) in [6, 6.07) is 20.8. The number of ether oxygens (including phenoxy) is 4. The van der Waals surface area contributed by atoms with Gasteiger partial charge in [0.1, 0.15) is 5.75 Å². The molecule has 0 N–H and O–H groups in total. The highest BCUT2D eigenvalue weighted by Gasteiger charge is 2.33.